The number of hydrogen-bond donors (Lipinski definition) is 3. The molecule has 4 aliphatic rings. The van der Waals surface area contributed by atoms with Gasteiger partial charge in [-0.15, -0.1) is 0 Å². The van der Waals surface area contributed by atoms with Crippen molar-refractivity contribution in [3.63, 3.8) is 0 Å². The Morgan fingerprint density at radius 3 is 2.67 bits per heavy atom. The van der Waals surface area contributed by atoms with E-state index in [2.05, 4.69) is 18.0 Å². The Morgan fingerprint density at radius 2 is 2.00 bits per heavy atom. The third kappa shape index (κ3) is 2.41. The predicted octanol–water partition coefficient (Wildman–Crippen LogP) is 2.28. The highest BCUT2D eigenvalue weighted by molar-refractivity contribution is 5.96. The number of aliphatic hydroxyl groups excluding tert-OH is 2. The summed E-state index contributed by atoms with van der Waals surface area (Å²) in [6.45, 7) is 3.63. The van der Waals surface area contributed by atoms with Crippen LogP contribution in [0.4, 0.5) is 0 Å². The lowest BCUT2D eigenvalue weighted by atomic mass is 9.45. The largest absolute Gasteiger partial charge is 0.393 e. The number of Topliss-reactive ketones (excluding diaryl/α,β-unsaturated/α-hetero) is 1. The fraction of sp³-hybridized carbons (Fsp3) is 0.818. The van der Waals surface area contributed by atoms with Gasteiger partial charge in [0.2, 0.25) is 0 Å². The summed E-state index contributed by atoms with van der Waals surface area (Å²) in [5.41, 5.74) is 0.372. The van der Waals surface area contributed by atoms with Crippen LogP contribution in [0.2, 0.25) is 0 Å². The van der Waals surface area contributed by atoms with Crippen molar-refractivity contribution in [3.8, 4) is 0 Å². The van der Waals surface area contributed by atoms with Crippen LogP contribution in [0.1, 0.15) is 58.8 Å². The summed E-state index contributed by atoms with van der Waals surface area (Å²) in [6.07, 6.45) is 7.28. The molecule has 4 rings (SSSR count). The fourth-order valence-electron chi connectivity index (χ4n) is 7.47. The molecule has 0 heterocycles. The van der Waals surface area contributed by atoms with E-state index in [1.165, 1.54) is 5.57 Å². The Kier molecular flexibility index (Phi) is 4.45. The van der Waals surface area contributed by atoms with Crippen molar-refractivity contribution < 1.29 is 20.1 Å². The molecule has 0 unspecified atom stereocenters. The summed E-state index contributed by atoms with van der Waals surface area (Å²) in [6, 6.07) is 0. The van der Waals surface area contributed by atoms with Crippen LogP contribution in [0.25, 0.3) is 0 Å². The van der Waals surface area contributed by atoms with Crippen LogP contribution in [-0.4, -0.2) is 52.2 Å². The van der Waals surface area contributed by atoms with E-state index in [4.69, 9.17) is 0 Å². The summed E-state index contributed by atoms with van der Waals surface area (Å²) >= 11 is 0. The van der Waals surface area contributed by atoms with Gasteiger partial charge in [-0.2, -0.15) is 0 Å². The van der Waals surface area contributed by atoms with Crippen molar-refractivity contribution in [2.24, 2.45) is 33.6 Å². The molecule has 3 fully saturated rings. The van der Waals surface area contributed by atoms with Crippen molar-refractivity contribution >= 4 is 11.5 Å². The van der Waals surface area contributed by atoms with Crippen LogP contribution in [0.5, 0.6) is 0 Å². The summed E-state index contributed by atoms with van der Waals surface area (Å²) < 4.78 is 0. The molecule has 0 radical (unpaired) electrons. The van der Waals surface area contributed by atoms with Crippen molar-refractivity contribution in [3.05, 3.63) is 11.6 Å². The average molecular weight is 376 g/mol. The standard InChI is InChI=1S/C22H33NO4/c1-20-8-6-14(23-3)10-13(20)4-5-15-16-7-9-22(27,18(26)12-24)21(16,2)11-17(25)19(15)20/h10,15-17,19,24-25,27H,4-9,11-12H2,1-3H3/b23-14+/t15-,16-,17-,19+,20-,21-,22-/m0/s1. The maximum Gasteiger partial charge on any atom is 0.190 e. The normalized spacial score (nSPS) is 50.6. The quantitative estimate of drug-likeness (QED) is 0.691. The first kappa shape index (κ1) is 19.3. The monoisotopic (exact) mass is 375 g/mol. The van der Waals surface area contributed by atoms with E-state index in [1.54, 1.807) is 0 Å². The third-order valence-corrected chi connectivity index (χ3v) is 8.96. The van der Waals surface area contributed by atoms with Crippen molar-refractivity contribution in [1.29, 1.82) is 0 Å². The number of allylic oxidation sites excluding steroid dienone is 2. The number of carbonyl (C=O) groups excluding carboxylic acids is 1. The minimum absolute atomic E-state index is 0.0282. The van der Waals surface area contributed by atoms with Gasteiger partial charge in [0, 0.05) is 18.2 Å². The van der Waals surface area contributed by atoms with Crippen molar-refractivity contribution in [1.82, 2.24) is 0 Å². The maximum atomic E-state index is 12.4. The van der Waals surface area contributed by atoms with Gasteiger partial charge in [-0.25, -0.2) is 0 Å². The molecule has 0 spiro atoms. The SMILES string of the molecule is C/N=C1/C=C2CC[C@@H]3[C@H]([C@@H](O)C[C@@]4(C)[C@H]3CC[C@]4(O)C(=O)CO)[C@@]2(C)CC1. The van der Waals surface area contributed by atoms with Crippen LogP contribution in [-0.2, 0) is 4.79 Å². The van der Waals surface area contributed by atoms with E-state index < -0.39 is 29.5 Å². The molecular weight excluding hydrogens is 342 g/mol. The fourth-order valence-corrected chi connectivity index (χ4v) is 7.47. The second kappa shape index (κ2) is 6.23. The second-order valence-corrected chi connectivity index (χ2v) is 9.81. The summed E-state index contributed by atoms with van der Waals surface area (Å²) in [4.78, 5) is 16.8. The highest BCUT2D eigenvalue weighted by atomic mass is 16.3. The molecule has 0 aromatic heterocycles. The molecule has 0 bridgehead atoms. The van der Waals surface area contributed by atoms with E-state index >= 15 is 0 Å². The molecule has 5 heteroatoms. The van der Waals surface area contributed by atoms with Crippen molar-refractivity contribution in [2.45, 2.75) is 70.5 Å². The molecule has 3 N–H and O–H groups in total. The zero-order valence-corrected chi connectivity index (χ0v) is 16.7. The number of ketones is 1. The Labute approximate surface area is 161 Å². The Hall–Kier alpha value is -1.04. The van der Waals surface area contributed by atoms with Gasteiger partial charge in [0.25, 0.3) is 0 Å². The number of carbonyl (C=O) groups is 1. The van der Waals surface area contributed by atoms with Gasteiger partial charge in [0.05, 0.1) is 6.10 Å². The van der Waals surface area contributed by atoms with Gasteiger partial charge >= 0.3 is 0 Å². The molecule has 0 aliphatic heterocycles. The first-order valence-corrected chi connectivity index (χ1v) is 10.4. The van der Waals surface area contributed by atoms with E-state index in [1.807, 2.05) is 14.0 Å². The number of aliphatic imine (C=N–C) groups is 1. The summed E-state index contributed by atoms with van der Waals surface area (Å²) in [5.74, 6) is 0.204. The van der Waals surface area contributed by atoms with Crippen molar-refractivity contribution in [2.75, 3.05) is 13.7 Å². The molecule has 7 atom stereocenters. The molecule has 0 aromatic carbocycles. The van der Waals surface area contributed by atoms with Crippen LogP contribution in [0.15, 0.2) is 16.6 Å². The lowest BCUT2D eigenvalue weighted by Gasteiger charge is -2.60. The predicted molar refractivity (Wildman–Crippen MR) is 103 cm³/mol. The highest BCUT2D eigenvalue weighted by Gasteiger charge is 2.68. The van der Waals surface area contributed by atoms with Gasteiger partial charge in [-0.3, -0.25) is 9.79 Å². The van der Waals surface area contributed by atoms with Gasteiger partial charge in [0.15, 0.2) is 5.78 Å². The number of aliphatic hydroxyl groups is 3. The number of fused-ring (bicyclic) bond motifs is 5. The van der Waals surface area contributed by atoms with Crippen LogP contribution in [0, 0.1) is 28.6 Å². The van der Waals surface area contributed by atoms with E-state index in [0.717, 1.165) is 37.8 Å². The van der Waals surface area contributed by atoms with E-state index in [0.29, 0.717) is 18.8 Å². The summed E-state index contributed by atoms with van der Waals surface area (Å²) in [7, 11) is 1.85. The minimum atomic E-state index is -1.51. The molecule has 4 aliphatic carbocycles. The van der Waals surface area contributed by atoms with Crippen LogP contribution < -0.4 is 0 Å². The van der Waals surface area contributed by atoms with Crippen LogP contribution >= 0.6 is 0 Å². The zero-order chi connectivity index (χ0) is 19.6. The Morgan fingerprint density at radius 1 is 1.26 bits per heavy atom. The van der Waals surface area contributed by atoms with Crippen LogP contribution in [0.3, 0.4) is 0 Å². The Bertz CT molecular complexity index is 715. The zero-order valence-electron chi connectivity index (χ0n) is 16.7. The first-order valence-electron chi connectivity index (χ1n) is 10.4. The van der Waals surface area contributed by atoms with E-state index in [9.17, 15) is 20.1 Å². The van der Waals surface area contributed by atoms with Gasteiger partial charge in [-0.1, -0.05) is 19.4 Å². The minimum Gasteiger partial charge on any atom is -0.393 e. The second-order valence-electron chi connectivity index (χ2n) is 9.81. The smallest absolute Gasteiger partial charge is 0.190 e. The molecule has 0 aromatic rings. The topological polar surface area (TPSA) is 90.1 Å². The van der Waals surface area contributed by atoms with E-state index in [-0.39, 0.29) is 17.3 Å². The molecule has 0 amide bonds. The average Bonchev–Trinajstić information content (AvgIpc) is 2.91. The van der Waals surface area contributed by atoms with Gasteiger partial charge < -0.3 is 15.3 Å². The molecular formula is C22H33NO4. The molecule has 0 saturated heterocycles. The molecule has 5 nitrogen and oxygen atoms in total. The molecule has 27 heavy (non-hydrogen) atoms. The number of hydrogen-bond acceptors (Lipinski definition) is 5. The summed E-state index contributed by atoms with van der Waals surface area (Å²) in [5, 5.41) is 31.9. The first-order chi connectivity index (χ1) is 12.7. The maximum absolute atomic E-state index is 12.4. The lowest BCUT2D eigenvalue weighted by Crippen LogP contribution is -2.62. The molecule has 3 saturated carbocycles. The Balaban J connectivity index is 1.72. The third-order valence-electron chi connectivity index (χ3n) is 8.96. The molecule has 150 valence electrons. The number of rotatable bonds is 2. The highest BCUT2D eigenvalue weighted by Crippen LogP contribution is 2.67. The van der Waals surface area contributed by atoms with Gasteiger partial charge in [0.1, 0.15) is 12.2 Å². The lowest BCUT2D eigenvalue weighted by molar-refractivity contribution is -0.181. The number of nitrogens with zero attached hydrogens (tertiary/aromatic N) is 1. The van der Waals surface area contributed by atoms with Gasteiger partial charge in [-0.05, 0) is 74.2 Å².